The van der Waals surface area contributed by atoms with Crippen LogP contribution in [-0.2, 0) is 18.3 Å². The molecule has 2 aromatic rings. The number of aryl methyl sites for hydroxylation is 3. The van der Waals surface area contributed by atoms with Crippen molar-refractivity contribution in [3.8, 4) is 0 Å². The van der Waals surface area contributed by atoms with Gasteiger partial charge in [-0.05, 0) is 25.0 Å². The molecule has 1 N–H and O–H groups in total. The van der Waals surface area contributed by atoms with Gasteiger partial charge in [-0.3, -0.25) is 4.79 Å². The molecular formula is C13H16N2O2. The maximum atomic E-state index is 10.5. The number of imidazole rings is 1. The Labute approximate surface area is 99.9 Å². The molecule has 0 saturated carbocycles. The zero-order valence-electron chi connectivity index (χ0n) is 10.1. The molecule has 0 aliphatic heterocycles. The first kappa shape index (κ1) is 11.6. The highest BCUT2D eigenvalue weighted by Crippen LogP contribution is 2.19. The van der Waals surface area contributed by atoms with Crippen molar-refractivity contribution < 1.29 is 9.90 Å². The van der Waals surface area contributed by atoms with Crippen LogP contribution in [0.5, 0.6) is 0 Å². The monoisotopic (exact) mass is 232 g/mol. The van der Waals surface area contributed by atoms with Crippen LogP contribution in [0.15, 0.2) is 18.2 Å². The van der Waals surface area contributed by atoms with Crippen LogP contribution in [-0.4, -0.2) is 20.6 Å². The van der Waals surface area contributed by atoms with Gasteiger partial charge in [0.05, 0.1) is 11.0 Å². The fourth-order valence-electron chi connectivity index (χ4n) is 2.13. The number of rotatable bonds is 4. The van der Waals surface area contributed by atoms with Gasteiger partial charge in [0.1, 0.15) is 5.82 Å². The second-order valence-corrected chi connectivity index (χ2v) is 4.28. The molecule has 0 fully saturated rings. The number of fused-ring (bicyclic) bond motifs is 1. The molecule has 0 atom stereocenters. The minimum absolute atomic E-state index is 0.197. The first-order valence-corrected chi connectivity index (χ1v) is 5.72. The van der Waals surface area contributed by atoms with Crippen molar-refractivity contribution in [1.82, 2.24) is 9.55 Å². The number of aliphatic carboxylic acids is 1. The lowest BCUT2D eigenvalue weighted by Gasteiger charge is -2.02. The van der Waals surface area contributed by atoms with Crippen LogP contribution in [0, 0.1) is 6.92 Å². The number of para-hydroxylation sites is 1. The molecule has 0 saturated heterocycles. The average molecular weight is 232 g/mol. The molecule has 0 spiro atoms. The molecule has 4 nitrogen and oxygen atoms in total. The molecule has 4 heteroatoms. The van der Waals surface area contributed by atoms with Gasteiger partial charge in [0.15, 0.2) is 0 Å². The molecule has 1 heterocycles. The summed E-state index contributed by atoms with van der Waals surface area (Å²) < 4.78 is 2.06. The van der Waals surface area contributed by atoms with Gasteiger partial charge in [-0.15, -0.1) is 0 Å². The summed E-state index contributed by atoms with van der Waals surface area (Å²) >= 11 is 0. The summed E-state index contributed by atoms with van der Waals surface area (Å²) in [5.74, 6) is 0.204. The van der Waals surface area contributed by atoms with Gasteiger partial charge in [0.2, 0.25) is 0 Å². The molecule has 1 aromatic heterocycles. The van der Waals surface area contributed by atoms with E-state index in [0.29, 0.717) is 12.8 Å². The van der Waals surface area contributed by atoms with Gasteiger partial charge in [0, 0.05) is 19.9 Å². The molecule has 90 valence electrons. The summed E-state index contributed by atoms with van der Waals surface area (Å²) in [5.41, 5.74) is 3.32. The van der Waals surface area contributed by atoms with Gasteiger partial charge in [-0.25, -0.2) is 4.98 Å². The van der Waals surface area contributed by atoms with Crippen molar-refractivity contribution in [2.45, 2.75) is 26.2 Å². The lowest BCUT2D eigenvalue weighted by molar-refractivity contribution is -0.137. The highest BCUT2D eigenvalue weighted by Gasteiger charge is 2.09. The van der Waals surface area contributed by atoms with Crippen molar-refractivity contribution >= 4 is 17.0 Å². The number of aromatic nitrogens is 2. The Morgan fingerprint density at radius 3 is 2.88 bits per heavy atom. The molecule has 0 unspecified atom stereocenters. The number of hydrogen-bond donors (Lipinski definition) is 1. The van der Waals surface area contributed by atoms with Gasteiger partial charge in [0.25, 0.3) is 0 Å². The van der Waals surface area contributed by atoms with Crippen LogP contribution in [0.2, 0.25) is 0 Å². The van der Waals surface area contributed by atoms with E-state index in [1.165, 1.54) is 5.56 Å². The third kappa shape index (κ3) is 2.30. The van der Waals surface area contributed by atoms with E-state index in [2.05, 4.69) is 22.5 Å². The zero-order chi connectivity index (χ0) is 12.4. The van der Waals surface area contributed by atoms with E-state index in [-0.39, 0.29) is 6.42 Å². The standard InChI is InChI=1S/C13H16N2O2/c1-9-5-3-6-10-13(9)15(2)11(14-10)7-4-8-12(16)17/h3,5-6H,4,7-8H2,1-2H3,(H,16,17). The van der Waals surface area contributed by atoms with Gasteiger partial charge < -0.3 is 9.67 Å². The third-order valence-corrected chi connectivity index (χ3v) is 2.98. The highest BCUT2D eigenvalue weighted by atomic mass is 16.4. The molecule has 0 aliphatic carbocycles. The Balaban J connectivity index is 2.27. The smallest absolute Gasteiger partial charge is 0.303 e. The first-order valence-electron chi connectivity index (χ1n) is 5.72. The van der Waals surface area contributed by atoms with Gasteiger partial charge >= 0.3 is 5.97 Å². The summed E-state index contributed by atoms with van der Waals surface area (Å²) in [6.45, 7) is 2.06. The highest BCUT2D eigenvalue weighted by molar-refractivity contribution is 5.79. The fourth-order valence-corrected chi connectivity index (χ4v) is 2.13. The lowest BCUT2D eigenvalue weighted by atomic mass is 10.2. The van der Waals surface area contributed by atoms with Gasteiger partial charge in [-0.2, -0.15) is 0 Å². The molecule has 17 heavy (non-hydrogen) atoms. The molecule has 0 amide bonds. The van der Waals surface area contributed by atoms with E-state index < -0.39 is 5.97 Å². The van der Waals surface area contributed by atoms with E-state index in [1.807, 2.05) is 19.2 Å². The third-order valence-electron chi connectivity index (χ3n) is 2.98. The number of carboxylic acid groups (broad SMARTS) is 1. The van der Waals surface area contributed by atoms with Crippen LogP contribution in [0.1, 0.15) is 24.2 Å². The summed E-state index contributed by atoms with van der Waals surface area (Å²) in [5, 5.41) is 8.62. The summed E-state index contributed by atoms with van der Waals surface area (Å²) in [4.78, 5) is 15.0. The zero-order valence-corrected chi connectivity index (χ0v) is 10.1. The Morgan fingerprint density at radius 2 is 2.24 bits per heavy atom. The van der Waals surface area contributed by atoms with E-state index in [4.69, 9.17) is 5.11 Å². The van der Waals surface area contributed by atoms with Crippen LogP contribution in [0.25, 0.3) is 11.0 Å². The Hall–Kier alpha value is -1.84. The molecular weight excluding hydrogens is 216 g/mol. The number of carboxylic acids is 1. The van der Waals surface area contributed by atoms with Crippen LogP contribution in [0.4, 0.5) is 0 Å². The van der Waals surface area contributed by atoms with E-state index in [9.17, 15) is 4.79 Å². The molecule has 1 aromatic carbocycles. The quantitative estimate of drug-likeness (QED) is 0.879. The molecule has 0 aliphatic rings. The van der Waals surface area contributed by atoms with Crippen LogP contribution >= 0.6 is 0 Å². The Bertz CT molecular complexity index is 558. The van der Waals surface area contributed by atoms with E-state index >= 15 is 0 Å². The van der Waals surface area contributed by atoms with Gasteiger partial charge in [-0.1, -0.05) is 12.1 Å². The van der Waals surface area contributed by atoms with Crippen molar-refractivity contribution in [3.63, 3.8) is 0 Å². The van der Waals surface area contributed by atoms with E-state index in [0.717, 1.165) is 16.9 Å². The molecule has 0 bridgehead atoms. The van der Waals surface area contributed by atoms with Crippen molar-refractivity contribution in [2.24, 2.45) is 7.05 Å². The number of benzene rings is 1. The summed E-state index contributed by atoms with van der Waals surface area (Å²) in [6, 6.07) is 6.04. The fraction of sp³-hybridized carbons (Fsp3) is 0.385. The van der Waals surface area contributed by atoms with E-state index in [1.54, 1.807) is 0 Å². The number of carbonyl (C=O) groups is 1. The number of nitrogens with zero attached hydrogens (tertiary/aromatic N) is 2. The van der Waals surface area contributed by atoms with Crippen LogP contribution < -0.4 is 0 Å². The Kier molecular flexibility index (Phi) is 3.13. The van der Waals surface area contributed by atoms with Crippen molar-refractivity contribution in [2.75, 3.05) is 0 Å². The topological polar surface area (TPSA) is 55.1 Å². The van der Waals surface area contributed by atoms with Crippen molar-refractivity contribution in [3.05, 3.63) is 29.6 Å². The lowest BCUT2D eigenvalue weighted by Crippen LogP contribution is -2.01. The van der Waals surface area contributed by atoms with Crippen molar-refractivity contribution in [1.29, 1.82) is 0 Å². The molecule has 2 rings (SSSR count). The Morgan fingerprint density at radius 1 is 1.47 bits per heavy atom. The number of hydrogen-bond acceptors (Lipinski definition) is 2. The minimum Gasteiger partial charge on any atom is -0.481 e. The normalized spacial score (nSPS) is 10.9. The maximum Gasteiger partial charge on any atom is 0.303 e. The SMILES string of the molecule is Cc1cccc2nc(CCCC(=O)O)n(C)c12. The van der Waals surface area contributed by atoms with Crippen LogP contribution in [0.3, 0.4) is 0 Å². The predicted molar refractivity (Wildman–Crippen MR) is 66.0 cm³/mol. The minimum atomic E-state index is -0.750. The second kappa shape index (κ2) is 4.57. The largest absolute Gasteiger partial charge is 0.481 e. The average Bonchev–Trinajstić information content (AvgIpc) is 2.57. The summed E-state index contributed by atoms with van der Waals surface area (Å²) in [6.07, 6.45) is 1.53. The predicted octanol–water partition coefficient (Wildman–Crippen LogP) is 2.29. The second-order valence-electron chi connectivity index (χ2n) is 4.28. The molecule has 0 radical (unpaired) electrons. The first-order chi connectivity index (χ1) is 8.09. The maximum absolute atomic E-state index is 10.5. The summed E-state index contributed by atoms with van der Waals surface area (Å²) in [7, 11) is 1.98.